The monoisotopic (exact) mass is 308 g/mol. The average Bonchev–Trinajstić information content (AvgIpc) is 2.58. The Hall–Kier alpha value is -2.62. The Morgan fingerprint density at radius 3 is 2.48 bits per heavy atom. The molecule has 1 N–H and O–H groups in total. The van der Waals surface area contributed by atoms with Gasteiger partial charge < -0.3 is 10.2 Å². The summed E-state index contributed by atoms with van der Waals surface area (Å²) in [4.78, 5) is 26.6. The third kappa shape index (κ3) is 3.26. The molecule has 2 amide bonds. The summed E-state index contributed by atoms with van der Waals surface area (Å²) in [5.74, 6) is -0.161. The molecule has 0 unspecified atom stereocenters. The van der Waals surface area contributed by atoms with Crippen LogP contribution < -0.4 is 5.32 Å². The summed E-state index contributed by atoms with van der Waals surface area (Å²) in [5, 5.41) is 2.84. The number of rotatable bonds is 4. The van der Waals surface area contributed by atoms with Crippen molar-refractivity contribution >= 4 is 11.8 Å². The van der Waals surface area contributed by atoms with Gasteiger partial charge in [-0.1, -0.05) is 61.5 Å². The highest BCUT2D eigenvalue weighted by atomic mass is 16.2. The van der Waals surface area contributed by atoms with E-state index in [1.165, 1.54) is 0 Å². The van der Waals surface area contributed by atoms with E-state index in [4.69, 9.17) is 0 Å². The maximum Gasteiger partial charge on any atom is 0.250 e. The highest BCUT2D eigenvalue weighted by Gasteiger charge is 2.34. The van der Waals surface area contributed by atoms with E-state index in [1.807, 2.05) is 54.6 Å². The number of carbonyl (C=O) groups excluding carboxylic acids is 2. The van der Waals surface area contributed by atoms with E-state index in [2.05, 4.69) is 12.2 Å². The molecule has 1 saturated heterocycles. The second-order valence-corrected chi connectivity index (χ2v) is 5.73. The van der Waals surface area contributed by atoms with Gasteiger partial charge in [-0.2, -0.15) is 0 Å². The maximum absolute atomic E-state index is 12.9. The summed E-state index contributed by atoms with van der Waals surface area (Å²) >= 11 is 0. The topological polar surface area (TPSA) is 49.4 Å². The average molecular weight is 308 g/mol. The number of hydrogen-bond acceptors (Lipinski definition) is 2. The molecule has 0 bridgehead atoms. The van der Waals surface area contributed by atoms with Crippen LogP contribution in [0.2, 0.25) is 0 Å². The minimum atomic E-state index is -0.587. The second-order valence-electron chi connectivity index (χ2n) is 5.73. The molecular formula is C19H20N2O2. The molecule has 0 aromatic heterocycles. The van der Waals surface area contributed by atoms with Gasteiger partial charge in [-0.05, 0) is 23.1 Å². The summed E-state index contributed by atoms with van der Waals surface area (Å²) in [6, 6.07) is 17.0. The Bertz CT molecular complexity index is 712. The van der Waals surface area contributed by atoms with Crippen molar-refractivity contribution in [3.63, 3.8) is 0 Å². The molecule has 1 heterocycles. The quantitative estimate of drug-likeness (QED) is 0.943. The molecule has 2 aromatic carbocycles. The van der Waals surface area contributed by atoms with Gasteiger partial charge in [0.1, 0.15) is 6.04 Å². The minimum Gasteiger partial charge on any atom is -0.339 e. The number of amides is 2. The summed E-state index contributed by atoms with van der Waals surface area (Å²) in [6.45, 7) is 2.62. The van der Waals surface area contributed by atoms with Gasteiger partial charge in [0.25, 0.3) is 5.91 Å². The summed E-state index contributed by atoms with van der Waals surface area (Å²) in [5.41, 5.74) is 3.01. The van der Waals surface area contributed by atoms with Crippen LogP contribution in [0.4, 0.5) is 0 Å². The molecule has 0 aliphatic carbocycles. The Morgan fingerprint density at radius 2 is 1.74 bits per heavy atom. The molecule has 4 nitrogen and oxygen atoms in total. The first-order valence-electron chi connectivity index (χ1n) is 7.89. The highest BCUT2D eigenvalue weighted by Crippen LogP contribution is 2.24. The molecule has 2 aromatic rings. The number of carbonyl (C=O) groups is 2. The van der Waals surface area contributed by atoms with Gasteiger partial charge in [0, 0.05) is 6.54 Å². The molecule has 23 heavy (non-hydrogen) atoms. The van der Waals surface area contributed by atoms with Gasteiger partial charge in [0.05, 0.1) is 6.54 Å². The third-order valence-electron chi connectivity index (χ3n) is 4.16. The van der Waals surface area contributed by atoms with Crippen LogP contribution in [0.5, 0.6) is 0 Å². The standard InChI is InChI=1S/C19H20N2O2/c1-2-15-10-6-7-11-16(15)18-19(23)21(13-17(22)20-18)12-14-8-4-3-5-9-14/h3-11,18H,2,12-13H2,1H3,(H,20,22)/t18-/m0/s1. The van der Waals surface area contributed by atoms with Crippen LogP contribution in [0.1, 0.15) is 29.7 Å². The first-order valence-corrected chi connectivity index (χ1v) is 7.89. The lowest BCUT2D eigenvalue weighted by molar-refractivity contribution is -0.145. The van der Waals surface area contributed by atoms with Crippen LogP contribution in [0, 0.1) is 0 Å². The molecule has 118 valence electrons. The van der Waals surface area contributed by atoms with Crippen molar-refractivity contribution < 1.29 is 9.59 Å². The van der Waals surface area contributed by atoms with Crippen molar-refractivity contribution in [2.24, 2.45) is 0 Å². The van der Waals surface area contributed by atoms with Crippen LogP contribution in [0.25, 0.3) is 0 Å². The zero-order chi connectivity index (χ0) is 16.2. The first-order chi connectivity index (χ1) is 11.2. The van der Waals surface area contributed by atoms with Crippen molar-refractivity contribution in [1.82, 2.24) is 10.2 Å². The lowest BCUT2D eigenvalue weighted by atomic mass is 9.96. The normalized spacial score (nSPS) is 18.0. The van der Waals surface area contributed by atoms with E-state index in [1.54, 1.807) is 4.90 Å². The molecule has 1 aliphatic rings. The fourth-order valence-electron chi connectivity index (χ4n) is 2.99. The van der Waals surface area contributed by atoms with Gasteiger partial charge in [-0.15, -0.1) is 0 Å². The number of benzene rings is 2. The Morgan fingerprint density at radius 1 is 1.04 bits per heavy atom. The molecule has 3 rings (SSSR count). The summed E-state index contributed by atoms with van der Waals surface area (Å²) in [6.07, 6.45) is 0.828. The van der Waals surface area contributed by atoms with Gasteiger partial charge in [0.2, 0.25) is 5.91 Å². The highest BCUT2D eigenvalue weighted by molar-refractivity contribution is 5.95. The predicted molar refractivity (Wildman–Crippen MR) is 88.6 cm³/mol. The van der Waals surface area contributed by atoms with E-state index in [-0.39, 0.29) is 18.4 Å². The number of aryl methyl sites for hydroxylation is 1. The first kappa shape index (κ1) is 15.3. The fraction of sp³-hybridized carbons (Fsp3) is 0.263. The van der Waals surface area contributed by atoms with Crippen LogP contribution in [-0.2, 0) is 22.6 Å². The molecule has 4 heteroatoms. The number of piperazine rings is 1. The molecule has 1 atom stereocenters. The van der Waals surface area contributed by atoms with Crippen molar-refractivity contribution in [3.05, 3.63) is 71.3 Å². The van der Waals surface area contributed by atoms with Gasteiger partial charge >= 0.3 is 0 Å². The number of nitrogens with zero attached hydrogens (tertiary/aromatic N) is 1. The number of nitrogens with one attached hydrogen (secondary N) is 1. The van der Waals surface area contributed by atoms with Crippen LogP contribution >= 0.6 is 0 Å². The van der Waals surface area contributed by atoms with Crippen molar-refractivity contribution in [1.29, 1.82) is 0 Å². The van der Waals surface area contributed by atoms with Crippen molar-refractivity contribution in [2.45, 2.75) is 25.9 Å². The maximum atomic E-state index is 12.9. The van der Waals surface area contributed by atoms with Crippen molar-refractivity contribution in [2.75, 3.05) is 6.54 Å². The van der Waals surface area contributed by atoms with E-state index in [0.717, 1.165) is 23.1 Å². The van der Waals surface area contributed by atoms with Crippen LogP contribution in [0.3, 0.4) is 0 Å². The fourth-order valence-corrected chi connectivity index (χ4v) is 2.99. The molecule has 0 spiro atoms. The predicted octanol–water partition coefficient (Wildman–Crippen LogP) is 2.45. The Labute approximate surface area is 136 Å². The minimum absolute atomic E-state index is 0.0469. The lowest BCUT2D eigenvalue weighted by Gasteiger charge is -2.33. The van der Waals surface area contributed by atoms with Gasteiger partial charge in [0.15, 0.2) is 0 Å². The van der Waals surface area contributed by atoms with Crippen LogP contribution in [0.15, 0.2) is 54.6 Å². The SMILES string of the molecule is CCc1ccccc1[C@@H]1NC(=O)CN(Cc2ccccc2)C1=O. The molecule has 0 radical (unpaired) electrons. The van der Waals surface area contributed by atoms with Gasteiger partial charge in [-0.3, -0.25) is 9.59 Å². The zero-order valence-electron chi connectivity index (χ0n) is 13.2. The van der Waals surface area contributed by atoms with E-state index in [9.17, 15) is 9.59 Å². The van der Waals surface area contributed by atoms with Gasteiger partial charge in [-0.25, -0.2) is 0 Å². The van der Waals surface area contributed by atoms with Crippen LogP contribution in [-0.4, -0.2) is 23.3 Å². The lowest BCUT2D eigenvalue weighted by Crippen LogP contribution is -2.53. The smallest absolute Gasteiger partial charge is 0.250 e. The Kier molecular flexibility index (Phi) is 4.42. The molecule has 1 fully saturated rings. The molecular weight excluding hydrogens is 288 g/mol. The largest absolute Gasteiger partial charge is 0.339 e. The third-order valence-corrected chi connectivity index (χ3v) is 4.16. The van der Waals surface area contributed by atoms with E-state index < -0.39 is 6.04 Å². The molecule has 1 aliphatic heterocycles. The van der Waals surface area contributed by atoms with E-state index in [0.29, 0.717) is 6.54 Å². The zero-order valence-corrected chi connectivity index (χ0v) is 13.2. The Balaban J connectivity index is 1.87. The summed E-state index contributed by atoms with van der Waals surface area (Å²) < 4.78 is 0. The summed E-state index contributed by atoms with van der Waals surface area (Å²) in [7, 11) is 0. The van der Waals surface area contributed by atoms with Crippen molar-refractivity contribution in [3.8, 4) is 0 Å². The second kappa shape index (κ2) is 6.65. The molecule has 0 saturated carbocycles. The number of hydrogen-bond donors (Lipinski definition) is 1. The van der Waals surface area contributed by atoms with E-state index >= 15 is 0 Å².